The predicted molar refractivity (Wildman–Crippen MR) is 57.7 cm³/mol. The first-order valence-corrected chi connectivity index (χ1v) is 5.44. The number of carbonyl (C=O) groups excluding carboxylic acids is 1. The summed E-state index contributed by atoms with van der Waals surface area (Å²) in [5.41, 5.74) is 0. The van der Waals surface area contributed by atoms with E-state index < -0.39 is 12.0 Å². The number of amides is 1. The zero-order valence-corrected chi connectivity index (χ0v) is 9.40. The molecule has 1 rings (SSSR count). The zero-order valence-electron chi connectivity index (χ0n) is 8.58. The van der Waals surface area contributed by atoms with E-state index in [2.05, 4.69) is 0 Å². The number of nitrogens with zero attached hydrogens (tertiary/aromatic N) is 1. The van der Waals surface area contributed by atoms with Crippen LogP contribution in [-0.4, -0.2) is 28.4 Å². The summed E-state index contributed by atoms with van der Waals surface area (Å²) in [5.74, 6) is -1.00. The topological polar surface area (TPSA) is 57.6 Å². The summed E-state index contributed by atoms with van der Waals surface area (Å²) >= 11 is 1.34. The van der Waals surface area contributed by atoms with E-state index in [1.165, 1.54) is 16.2 Å². The van der Waals surface area contributed by atoms with Crippen LogP contribution in [0.15, 0.2) is 17.5 Å². The molecule has 15 heavy (non-hydrogen) atoms. The van der Waals surface area contributed by atoms with Crippen LogP contribution in [0.1, 0.15) is 24.8 Å². The third-order valence-corrected chi connectivity index (χ3v) is 2.99. The van der Waals surface area contributed by atoms with Crippen molar-refractivity contribution in [2.45, 2.75) is 25.9 Å². The third-order valence-electron chi connectivity index (χ3n) is 2.06. The van der Waals surface area contributed by atoms with Crippen molar-refractivity contribution in [2.24, 2.45) is 0 Å². The van der Waals surface area contributed by atoms with Crippen molar-refractivity contribution in [1.82, 2.24) is 4.90 Å². The Bertz CT molecular complexity index is 334. The van der Waals surface area contributed by atoms with Gasteiger partial charge in [-0.2, -0.15) is 0 Å². The summed E-state index contributed by atoms with van der Waals surface area (Å²) in [6.07, 6.45) is 0.586. The van der Waals surface area contributed by atoms with Crippen LogP contribution in [-0.2, 0) is 9.59 Å². The minimum atomic E-state index is -1.00. The van der Waals surface area contributed by atoms with Crippen LogP contribution in [0.25, 0.3) is 0 Å². The standard InChI is InChI=1S/C10H13NO3S/c1-7(2)11(6-12)9(10(13)14)8-4-3-5-15-8/h3-7,9H,1-2H3,(H,13,14). The maximum atomic E-state index is 11.1. The summed E-state index contributed by atoms with van der Waals surface area (Å²) in [7, 11) is 0. The quantitative estimate of drug-likeness (QED) is 0.779. The molecule has 0 saturated heterocycles. The highest BCUT2D eigenvalue weighted by Gasteiger charge is 2.28. The molecule has 0 bridgehead atoms. The van der Waals surface area contributed by atoms with Gasteiger partial charge in [0.1, 0.15) is 0 Å². The fraction of sp³-hybridized carbons (Fsp3) is 0.400. The smallest absolute Gasteiger partial charge is 0.331 e. The number of carbonyl (C=O) groups is 2. The first kappa shape index (κ1) is 11.7. The van der Waals surface area contributed by atoms with Crippen molar-refractivity contribution >= 4 is 23.7 Å². The summed E-state index contributed by atoms with van der Waals surface area (Å²) in [4.78, 5) is 23.9. The Balaban J connectivity index is 3.02. The van der Waals surface area contributed by atoms with E-state index in [0.717, 1.165) is 0 Å². The maximum absolute atomic E-state index is 11.1. The lowest BCUT2D eigenvalue weighted by Crippen LogP contribution is -2.37. The van der Waals surface area contributed by atoms with Crippen LogP contribution < -0.4 is 0 Å². The number of carboxylic acid groups (broad SMARTS) is 1. The molecule has 0 radical (unpaired) electrons. The van der Waals surface area contributed by atoms with Crippen LogP contribution >= 0.6 is 11.3 Å². The molecule has 0 fully saturated rings. The first-order chi connectivity index (χ1) is 7.07. The second-order valence-electron chi connectivity index (χ2n) is 3.40. The van der Waals surface area contributed by atoms with Crippen LogP contribution in [0.5, 0.6) is 0 Å². The summed E-state index contributed by atoms with van der Waals surface area (Å²) in [6, 6.07) is 2.50. The molecule has 1 atom stereocenters. The molecule has 82 valence electrons. The Kier molecular flexibility index (Phi) is 3.85. The van der Waals surface area contributed by atoms with Gasteiger partial charge in [0.05, 0.1) is 0 Å². The number of hydrogen-bond acceptors (Lipinski definition) is 3. The molecule has 0 aliphatic carbocycles. The van der Waals surface area contributed by atoms with Gasteiger partial charge in [0.25, 0.3) is 0 Å². The van der Waals surface area contributed by atoms with Crippen molar-refractivity contribution < 1.29 is 14.7 Å². The lowest BCUT2D eigenvalue weighted by Gasteiger charge is -2.27. The van der Waals surface area contributed by atoms with E-state index in [1.54, 1.807) is 31.4 Å². The van der Waals surface area contributed by atoms with E-state index in [0.29, 0.717) is 11.3 Å². The minimum Gasteiger partial charge on any atom is -0.479 e. The van der Waals surface area contributed by atoms with Gasteiger partial charge in [-0.3, -0.25) is 4.79 Å². The summed E-state index contributed by atoms with van der Waals surface area (Å²) in [5, 5.41) is 10.9. The normalized spacial score (nSPS) is 12.5. The number of rotatable bonds is 5. The van der Waals surface area contributed by atoms with Crippen molar-refractivity contribution in [2.75, 3.05) is 0 Å². The van der Waals surface area contributed by atoms with Gasteiger partial charge in [0.15, 0.2) is 6.04 Å². The third kappa shape index (κ3) is 2.56. The van der Waals surface area contributed by atoms with Crippen molar-refractivity contribution in [3.8, 4) is 0 Å². The number of aliphatic carboxylic acids is 1. The number of thiophene rings is 1. The Labute approximate surface area is 92.1 Å². The minimum absolute atomic E-state index is 0.134. The monoisotopic (exact) mass is 227 g/mol. The van der Waals surface area contributed by atoms with Gasteiger partial charge >= 0.3 is 5.97 Å². The predicted octanol–water partition coefficient (Wildman–Crippen LogP) is 1.74. The number of hydrogen-bond donors (Lipinski definition) is 1. The van der Waals surface area contributed by atoms with Gasteiger partial charge in [-0.05, 0) is 25.3 Å². The van der Waals surface area contributed by atoms with E-state index in [4.69, 9.17) is 5.11 Å². The van der Waals surface area contributed by atoms with E-state index in [1.807, 2.05) is 0 Å². The first-order valence-electron chi connectivity index (χ1n) is 4.57. The second-order valence-corrected chi connectivity index (χ2v) is 4.38. The highest BCUT2D eigenvalue weighted by Crippen LogP contribution is 2.25. The maximum Gasteiger partial charge on any atom is 0.331 e. The highest BCUT2D eigenvalue weighted by atomic mass is 32.1. The van der Waals surface area contributed by atoms with Crippen LogP contribution in [0.4, 0.5) is 0 Å². The van der Waals surface area contributed by atoms with Gasteiger partial charge in [0.2, 0.25) is 6.41 Å². The number of carboxylic acids is 1. The molecule has 0 aromatic carbocycles. The lowest BCUT2D eigenvalue weighted by molar-refractivity contribution is -0.147. The van der Waals surface area contributed by atoms with Crippen molar-refractivity contribution in [3.05, 3.63) is 22.4 Å². The van der Waals surface area contributed by atoms with Gasteiger partial charge in [-0.1, -0.05) is 6.07 Å². The molecular weight excluding hydrogens is 214 g/mol. The van der Waals surface area contributed by atoms with E-state index >= 15 is 0 Å². The molecule has 1 aromatic rings. The Morgan fingerprint density at radius 2 is 2.27 bits per heavy atom. The van der Waals surface area contributed by atoms with Gasteiger partial charge in [0, 0.05) is 10.9 Å². The van der Waals surface area contributed by atoms with Crippen molar-refractivity contribution in [3.63, 3.8) is 0 Å². The zero-order chi connectivity index (χ0) is 11.4. The molecule has 1 heterocycles. The fourth-order valence-electron chi connectivity index (χ4n) is 1.32. The Morgan fingerprint density at radius 1 is 1.60 bits per heavy atom. The van der Waals surface area contributed by atoms with Crippen molar-refractivity contribution in [1.29, 1.82) is 0 Å². The molecule has 0 aliphatic heterocycles. The molecule has 5 heteroatoms. The van der Waals surface area contributed by atoms with Crippen LogP contribution in [0, 0.1) is 0 Å². The molecular formula is C10H13NO3S. The Hall–Kier alpha value is -1.36. The Morgan fingerprint density at radius 3 is 2.60 bits per heavy atom. The molecule has 0 aliphatic rings. The van der Waals surface area contributed by atoms with Gasteiger partial charge < -0.3 is 10.0 Å². The molecule has 0 saturated carbocycles. The molecule has 1 amide bonds. The van der Waals surface area contributed by atoms with E-state index in [9.17, 15) is 9.59 Å². The lowest BCUT2D eigenvalue weighted by atomic mass is 10.2. The van der Waals surface area contributed by atoms with Gasteiger partial charge in [-0.15, -0.1) is 11.3 Å². The molecule has 1 unspecified atom stereocenters. The van der Waals surface area contributed by atoms with Gasteiger partial charge in [-0.25, -0.2) is 4.79 Å². The second kappa shape index (κ2) is 4.93. The van der Waals surface area contributed by atoms with E-state index in [-0.39, 0.29) is 6.04 Å². The summed E-state index contributed by atoms with van der Waals surface area (Å²) in [6.45, 7) is 3.58. The average Bonchev–Trinajstić information content (AvgIpc) is 2.64. The fourth-order valence-corrected chi connectivity index (χ4v) is 2.15. The SMILES string of the molecule is CC(C)N(C=O)C(C(=O)O)c1cccs1. The average molecular weight is 227 g/mol. The van der Waals surface area contributed by atoms with Crippen LogP contribution in [0.2, 0.25) is 0 Å². The molecule has 1 aromatic heterocycles. The largest absolute Gasteiger partial charge is 0.479 e. The van der Waals surface area contributed by atoms with Crippen LogP contribution in [0.3, 0.4) is 0 Å². The molecule has 1 N–H and O–H groups in total. The molecule has 0 spiro atoms. The molecule has 4 nitrogen and oxygen atoms in total. The summed E-state index contributed by atoms with van der Waals surface area (Å²) < 4.78 is 0. The highest BCUT2D eigenvalue weighted by molar-refractivity contribution is 7.10.